The van der Waals surface area contributed by atoms with Crippen LogP contribution in [0, 0.1) is 0 Å². The van der Waals surface area contributed by atoms with Gasteiger partial charge in [0.2, 0.25) is 5.91 Å². The molecule has 0 bridgehead atoms. The van der Waals surface area contributed by atoms with Crippen LogP contribution in [0.2, 0.25) is 0 Å². The predicted octanol–water partition coefficient (Wildman–Crippen LogP) is 4.89. The molecule has 0 radical (unpaired) electrons. The average Bonchev–Trinajstić information content (AvgIpc) is 3.36. The second-order valence-electron chi connectivity index (χ2n) is 11.4. The second-order valence-corrected chi connectivity index (χ2v) is 11.4. The van der Waals surface area contributed by atoms with Crippen molar-refractivity contribution < 1.29 is 19.1 Å². The molecule has 0 saturated carbocycles. The van der Waals surface area contributed by atoms with E-state index >= 15 is 0 Å². The van der Waals surface area contributed by atoms with Gasteiger partial charge in [0, 0.05) is 25.1 Å². The van der Waals surface area contributed by atoms with Crippen molar-refractivity contribution in [1.29, 1.82) is 0 Å². The molecule has 3 aromatic rings. The van der Waals surface area contributed by atoms with Crippen LogP contribution in [-0.4, -0.2) is 42.1 Å². The van der Waals surface area contributed by atoms with E-state index in [4.69, 9.17) is 4.74 Å². The average molecular weight is 569 g/mol. The number of fused-ring (bicyclic) bond motifs is 1. The number of nitrogens with one attached hydrogen (secondary N) is 3. The summed E-state index contributed by atoms with van der Waals surface area (Å²) in [6.07, 6.45) is 4.92. The van der Waals surface area contributed by atoms with Gasteiger partial charge in [-0.05, 0) is 62.8 Å². The molecular weight excluding hydrogens is 528 g/mol. The minimum atomic E-state index is -0.871. The second kappa shape index (κ2) is 14.3. The minimum absolute atomic E-state index is 0.279. The van der Waals surface area contributed by atoms with Crippen molar-refractivity contribution in [3.8, 4) is 0 Å². The Morgan fingerprint density at radius 3 is 2.21 bits per heavy atom. The van der Waals surface area contributed by atoms with Gasteiger partial charge in [0.15, 0.2) is 0 Å². The van der Waals surface area contributed by atoms with Crippen LogP contribution in [0.4, 0.5) is 10.5 Å². The molecular formula is C34H40N4O4. The van der Waals surface area contributed by atoms with Crippen molar-refractivity contribution in [3.05, 3.63) is 114 Å². The molecule has 0 aliphatic carbocycles. The molecule has 0 fully saturated rings. The van der Waals surface area contributed by atoms with E-state index in [1.54, 1.807) is 26.8 Å². The number of hydrogen-bond acceptors (Lipinski definition) is 5. The number of hydrazine groups is 1. The largest absolute Gasteiger partial charge is 0.444 e. The Morgan fingerprint density at radius 2 is 1.52 bits per heavy atom. The molecule has 4 rings (SSSR count). The maximum atomic E-state index is 13.6. The van der Waals surface area contributed by atoms with Crippen molar-refractivity contribution >= 4 is 23.6 Å². The summed E-state index contributed by atoms with van der Waals surface area (Å²) in [6, 6.07) is 26.1. The molecule has 8 nitrogen and oxygen atoms in total. The van der Waals surface area contributed by atoms with E-state index in [9.17, 15) is 14.4 Å². The number of nitrogens with zero attached hydrogens (tertiary/aromatic N) is 1. The number of alkyl carbamates (subject to hydrolysis) is 1. The molecule has 0 saturated heterocycles. The third-order valence-electron chi connectivity index (χ3n) is 6.82. The highest BCUT2D eigenvalue weighted by Crippen LogP contribution is 2.25. The number of hydrogen-bond donors (Lipinski definition) is 3. The molecule has 0 aromatic heterocycles. The maximum absolute atomic E-state index is 13.6. The van der Waals surface area contributed by atoms with Crippen molar-refractivity contribution in [2.75, 3.05) is 11.6 Å². The van der Waals surface area contributed by atoms with Gasteiger partial charge in [-0.1, -0.05) is 84.9 Å². The van der Waals surface area contributed by atoms with Gasteiger partial charge in [0.05, 0.1) is 5.69 Å². The zero-order valence-electron chi connectivity index (χ0n) is 24.5. The fourth-order valence-corrected chi connectivity index (χ4v) is 4.80. The lowest BCUT2D eigenvalue weighted by molar-refractivity contribution is -0.123. The number of ether oxygens (including phenoxy) is 1. The van der Waals surface area contributed by atoms with Crippen LogP contribution in [0.1, 0.15) is 43.9 Å². The van der Waals surface area contributed by atoms with Crippen LogP contribution < -0.4 is 21.1 Å². The fourth-order valence-electron chi connectivity index (χ4n) is 4.80. The third-order valence-corrected chi connectivity index (χ3v) is 6.82. The number of amides is 3. The van der Waals surface area contributed by atoms with E-state index in [1.165, 1.54) is 11.6 Å². The number of anilines is 1. The number of carbonyl (C=O) groups excluding carboxylic acids is 3. The molecule has 3 N–H and O–H groups in total. The first-order valence-electron chi connectivity index (χ1n) is 14.4. The Balaban J connectivity index is 1.47. The first-order chi connectivity index (χ1) is 20.2. The highest BCUT2D eigenvalue weighted by molar-refractivity contribution is 5.90. The predicted molar refractivity (Wildman–Crippen MR) is 165 cm³/mol. The topological polar surface area (TPSA) is 99.8 Å². The normalized spacial score (nSPS) is 14.1. The van der Waals surface area contributed by atoms with Crippen LogP contribution in [-0.2, 0) is 33.6 Å². The summed E-state index contributed by atoms with van der Waals surface area (Å²) in [5, 5.41) is 7.64. The molecule has 42 heavy (non-hydrogen) atoms. The Morgan fingerprint density at radius 1 is 0.881 bits per heavy atom. The Labute approximate surface area is 248 Å². The Bertz CT molecular complexity index is 1370. The Hall–Kier alpha value is -4.59. The SMILES string of the molecule is CC(C)(C)OC(=O)N[C@@H](Cc1ccccc1)C(=O)NC(C=CC(=O)NN1CCc2ccccc21)CCc1ccccc1. The van der Waals surface area contributed by atoms with Gasteiger partial charge in [-0.3, -0.25) is 20.0 Å². The molecule has 220 valence electrons. The van der Waals surface area contributed by atoms with Crippen molar-refractivity contribution in [3.63, 3.8) is 0 Å². The van der Waals surface area contributed by atoms with Crippen LogP contribution in [0.3, 0.4) is 0 Å². The molecule has 1 aliphatic heterocycles. The maximum Gasteiger partial charge on any atom is 0.408 e. The first-order valence-corrected chi connectivity index (χ1v) is 14.4. The molecule has 2 atom stereocenters. The smallest absolute Gasteiger partial charge is 0.408 e. The van der Waals surface area contributed by atoms with Crippen LogP contribution >= 0.6 is 0 Å². The monoisotopic (exact) mass is 568 g/mol. The highest BCUT2D eigenvalue weighted by atomic mass is 16.6. The van der Waals surface area contributed by atoms with Crippen molar-refractivity contribution in [1.82, 2.24) is 16.1 Å². The molecule has 3 amide bonds. The molecule has 1 heterocycles. The summed E-state index contributed by atoms with van der Waals surface area (Å²) >= 11 is 0. The molecule has 1 unspecified atom stereocenters. The summed E-state index contributed by atoms with van der Waals surface area (Å²) in [6.45, 7) is 6.02. The lowest BCUT2D eigenvalue weighted by atomic mass is 10.0. The lowest BCUT2D eigenvalue weighted by Crippen LogP contribution is -2.51. The van der Waals surface area contributed by atoms with Gasteiger partial charge < -0.3 is 15.4 Å². The summed E-state index contributed by atoms with van der Waals surface area (Å²) in [4.78, 5) is 39.2. The van der Waals surface area contributed by atoms with Crippen LogP contribution in [0.15, 0.2) is 97.1 Å². The van der Waals surface area contributed by atoms with E-state index in [0.29, 0.717) is 19.4 Å². The van der Waals surface area contributed by atoms with Gasteiger partial charge >= 0.3 is 6.09 Å². The van der Waals surface area contributed by atoms with Gasteiger partial charge in [0.25, 0.3) is 5.91 Å². The van der Waals surface area contributed by atoms with Gasteiger partial charge in [-0.15, -0.1) is 0 Å². The van der Waals surface area contributed by atoms with Crippen LogP contribution in [0.5, 0.6) is 0 Å². The molecule has 3 aromatic carbocycles. The minimum Gasteiger partial charge on any atom is -0.444 e. The molecule has 0 spiro atoms. The van der Waals surface area contributed by atoms with Crippen molar-refractivity contribution in [2.45, 2.75) is 64.1 Å². The number of benzene rings is 3. The quantitative estimate of drug-likeness (QED) is 0.286. The van der Waals surface area contributed by atoms with E-state index in [2.05, 4.69) is 22.1 Å². The molecule has 8 heteroatoms. The summed E-state index contributed by atoms with van der Waals surface area (Å²) < 4.78 is 5.43. The number of rotatable bonds is 11. The summed E-state index contributed by atoms with van der Waals surface area (Å²) in [5.74, 6) is -0.639. The van der Waals surface area contributed by atoms with E-state index in [0.717, 1.165) is 23.2 Å². The van der Waals surface area contributed by atoms with Gasteiger partial charge in [0.1, 0.15) is 11.6 Å². The number of carbonyl (C=O) groups is 3. The standard InChI is InChI=1S/C34H40N4O4/c1-34(2,3)42-33(41)36-29(24-26-14-8-5-9-15-26)32(40)35-28(19-18-25-12-6-4-7-13-25)20-21-31(39)37-38-23-22-27-16-10-11-17-30(27)38/h4-17,20-21,28-29H,18-19,22-24H2,1-3H3,(H,35,40)(H,36,41)(H,37,39)/t28?,29-/m0/s1. The number of aryl methyl sites for hydroxylation is 1. The van der Waals surface area contributed by atoms with Crippen molar-refractivity contribution in [2.24, 2.45) is 0 Å². The van der Waals surface area contributed by atoms with E-state index in [-0.39, 0.29) is 18.2 Å². The lowest BCUT2D eigenvalue weighted by Gasteiger charge is -2.25. The van der Waals surface area contributed by atoms with E-state index in [1.807, 2.05) is 83.9 Å². The zero-order valence-corrected chi connectivity index (χ0v) is 24.5. The molecule has 1 aliphatic rings. The summed E-state index contributed by atoms with van der Waals surface area (Å²) in [5.41, 5.74) is 6.44. The summed E-state index contributed by atoms with van der Waals surface area (Å²) in [7, 11) is 0. The van der Waals surface area contributed by atoms with Gasteiger partial charge in [-0.2, -0.15) is 0 Å². The first kappa shape index (κ1) is 30.4. The Kier molecular flexibility index (Phi) is 10.4. The van der Waals surface area contributed by atoms with E-state index < -0.39 is 23.8 Å². The highest BCUT2D eigenvalue weighted by Gasteiger charge is 2.26. The zero-order chi connectivity index (χ0) is 30.0. The van der Waals surface area contributed by atoms with Gasteiger partial charge in [-0.25, -0.2) is 4.79 Å². The fraction of sp³-hybridized carbons (Fsp3) is 0.324. The number of para-hydroxylation sites is 1. The van der Waals surface area contributed by atoms with Crippen LogP contribution in [0.25, 0.3) is 0 Å². The third kappa shape index (κ3) is 9.51.